The standard InChI is InChI=1S/C14H29NO2Si/c1-12-8-4-7-11-14(12)18(16-2,17-3)15-13-9-5-6-10-13/h12-15H,4-11H2,1-3H3. The van der Waals surface area contributed by atoms with Crippen LogP contribution in [-0.2, 0) is 8.85 Å². The van der Waals surface area contributed by atoms with E-state index in [1.165, 1.54) is 51.4 Å². The zero-order chi connectivity index (χ0) is 13.0. The molecule has 0 aromatic carbocycles. The molecule has 3 nitrogen and oxygen atoms in total. The Morgan fingerprint density at radius 2 is 1.44 bits per heavy atom. The maximum absolute atomic E-state index is 5.96. The second-order valence-corrected chi connectivity index (χ2v) is 9.25. The summed E-state index contributed by atoms with van der Waals surface area (Å²) in [6, 6.07) is 0.630. The van der Waals surface area contributed by atoms with Gasteiger partial charge >= 0.3 is 8.72 Å². The highest BCUT2D eigenvalue weighted by Gasteiger charge is 2.49. The van der Waals surface area contributed by atoms with Gasteiger partial charge in [0.05, 0.1) is 0 Å². The maximum Gasteiger partial charge on any atom is 0.428 e. The van der Waals surface area contributed by atoms with E-state index >= 15 is 0 Å². The average Bonchev–Trinajstić information content (AvgIpc) is 2.90. The van der Waals surface area contributed by atoms with E-state index in [9.17, 15) is 0 Å². The molecular formula is C14H29NO2Si. The Hall–Kier alpha value is 0.0969. The van der Waals surface area contributed by atoms with Crippen molar-refractivity contribution in [1.29, 1.82) is 0 Å². The summed E-state index contributed by atoms with van der Waals surface area (Å²) in [7, 11) is 1.47. The van der Waals surface area contributed by atoms with Gasteiger partial charge in [0.1, 0.15) is 0 Å². The molecule has 0 heterocycles. The molecule has 2 unspecified atom stereocenters. The van der Waals surface area contributed by atoms with Gasteiger partial charge in [-0.2, -0.15) is 0 Å². The zero-order valence-corrected chi connectivity index (χ0v) is 13.2. The summed E-state index contributed by atoms with van der Waals surface area (Å²) in [6.07, 6.45) is 10.6. The highest BCUT2D eigenvalue weighted by atomic mass is 28.4. The molecule has 106 valence electrons. The molecule has 0 aromatic heterocycles. The average molecular weight is 271 g/mol. The van der Waals surface area contributed by atoms with Crippen LogP contribution in [0.2, 0.25) is 5.54 Å². The van der Waals surface area contributed by atoms with Gasteiger partial charge in [-0.3, -0.25) is 4.98 Å². The molecule has 0 saturated heterocycles. The second-order valence-electron chi connectivity index (χ2n) is 6.07. The van der Waals surface area contributed by atoms with Gasteiger partial charge in [0.25, 0.3) is 0 Å². The lowest BCUT2D eigenvalue weighted by Crippen LogP contribution is -2.62. The summed E-state index contributed by atoms with van der Waals surface area (Å²) in [5, 5.41) is 0. The van der Waals surface area contributed by atoms with Crippen molar-refractivity contribution < 1.29 is 8.85 Å². The van der Waals surface area contributed by atoms with Crippen LogP contribution in [0.4, 0.5) is 0 Å². The van der Waals surface area contributed by atoms with Crippen LogP contribution in [0.5, 0.6) is 0 Å². The van der Waals surface area contributed by atoms with Crippen LogP contribution in [0.25, 0.3) is 0 Å². The Morgan fingerprint density at radius 1 is 0.889 bits per heavy atom. The van der Waals surface area contributed by atoms with E-state index in [0.29, 0.717) is 11.6 Å². The van der Waals surface area contributed by atoms with E-state index in [0.717, 1.165) is 5.92 Å². The lowest BCUT2D eigenvalue weighted by Gasteiger charge is -2.42. The van der Waals surface area contributed by atoms with Crippen molar-refractivity contribution in [3.8, 4) is 0 Å². The third-order valence-electron chi connectivity index (χ3n) is 4.97. The molecule has 4 heteroatoms. The normalized spacial score (nSPS) is 30.8. The SMILES string of the molecule is CO[Si](NC1CCCC1)(OC)C1CCCCC1C. The van der Waals surface area contributed by atoms with Gasteiger partial charge in [0.15, 0.2) is 0 Å². The van der Waals surface area contributed by atoms with E-state index in [4.69, 9.17) is 8.85 Å². The summed E-state index contributed by atoms with van der Waals surface area (Å²) in [6.45, 7) is 2.37. The summed E-state index contributed by atoms with van der Waals surface area (Å²) in [5.41, 5.74) is 0.613. The second kappa shape index (κ2) is 6.50. The third-order valence-corrected chi connectivity index (χ3v) is 8.82. The molecular weight excluding hydrogens is 242 g/mol. The van der Waals surface area contributed by atoms with Gasteiger partial charge in [0, 0.05) is 25.8 Å². The Kier molecular flexibility index (Phi) is 5.24. The predicted octanol–water partition coefficient (Wildman–Crippen LogP) is 3.33. The molecule has 0 amide bonds. The van der Waals surface area contributed by atoms with Crippen molar-refractivity contribution in [2.75, 3.05) is 14.2 Å². The van der Waals surface area contributed by atoms with Crippen LogP contribution in [-0.4, -0.2) is 29.0 Å². The van der Waals surface area contributed by atoms with Gasteiger partial charge in [-0.05, 0) is 25.2 Å². The van der Waals surface area contributed by atoms with Crippen LogP contribution in [0.3, 0.4) is 0 Å². The van der Waals surface area contributed by atoms with Crippen molar-refractivity contribution in [3.63, 3.8) is 0 Å². The topological polar surface area (TPSA) is 30.5 Å². The van der Waals surface area contributed by atoms with E-state index < -0.39 is 8.72 Å². The molecule has 0 radical (unpaired) electrons. The first kappa shape index (κ1) is 14.5. The summed E-state index contributed by atoms with van der Waals surface area (Å²) in [5.74, 6) is 0.735. The molecule has 0 bridgehead atoms. The Labute approximate surface area is 113 Å². The quantitative estimate of drug-likeness (QED) is 0.778. The molecule has 2 aliphatic rings. The fourth-order valence-electron chi connectivity index (χ4n) is 3.85. The van der Waals surface area contributed by atoms with Crippen molar-refractivity contribution in [3.05, 3.63) is 0 Å². The molecule has 1 N–H and O–H groups in total. The molecule has 2 atom stereocenters. The van der Waals surface area contributed by atoms with E-state index in [1.807, 2.05) is 14.2 Å². The fourth-order valence-corrected chi connectivity index (χ4v) is 7.43. The Balaban J connectivity index is 2.07. The highest BCUT2D eigenvalue weighted by Crippen LogP contribution is 2.41. The highest BCUT2D eigenvalue weighted by molar-refractivity contribution is 6.66. The first-order chi connectivity index (χ1) is 8.72. The number of rotatable bonds is 5. The van der Waals surface area contributed by atoms with Crippen LogP contribution in [0, 0.1) is 5.92 Å². The van der Waals surface area contributed by atoms with Gasteiger partial charge in [-0.25, -0.2) is 0 Å². The Morgan fingerprint density at radius 3 is 2.00 bits per heavy atom. The summed E-state index contributed by atoms with van der Waals surface area (Å²) in [4.78, 5) is 3.82. The smallest absolute Gasteiger partial charge is 0.386 e. The molecule has 2 saturated carbocycles. The minimum Gasteiger partial charge on any atom is -0.386 e. The van der Waals surface area contributed by atoms with E-state index in [2.05, 4.69) is 11.9 Å². The molecule has 2 fully saturated rings. The van der Waals surface area contributed by atoms with Crippen LogP contribution < -0.4 is 4.98 Å². The first-order valence-electron chi connectivity index (χ1n) is 7.60. The predicted molar refractivity (Wildman–Crippen MR) is 76.5 cm³/mol. The van der Waals surface area contributed by atoms with Crippen molar-refractivity contribution >= 4 is 8.72 Å². The van der Waals surface area contributed by atoms with Crippen LogP contribution >= 0.6 is 0 Å². The van der Waals surface area contributed by atoms with Gasteiger partial charge in [-0.1, -0.05) is 39.0 Å². The third kappa shape index (κ3) is 2.98. The monoisotopic (exact) mass is 271 g/mol. The molecule has 0 aliphatic heterocycles. The zero-order valence-electron chi connectivity index (χ0n) is 12.2. The maximum atomic E-state index is 5.96. The largest absolute Gasteiger partial charge is 0.428 e. The molecule has 2 aliphatic carbocycles. The molecule has 2 rings (SSSR count). The molecule has 0 spiro atoms. The minimum atomic E-state index is -2.22. The van der Waals surface area contributed by atoms with Crippen LogP contribution in [0.1, 0.15) is 58.3 Å². The fraction of sp³-hybridized carbons (Fsp3) is 1.00. The molecule has 18 heavy (non-hydrogen) atoms. The first-order valence-corrected chi connectivity index (χ1v) is 9.49. The minimum absolute atomic E-state index is 0.613. The van der Waals surface area contributed by atoms with E-state index in [1.54, 1.807) is 0 Å². The van der Waals surface area contributed by atoms with Crippen molar-refractivity contribution in [2.45, 2.75) is 69.9 Å². The lowest BCUT2D eigenvalue weighted by atomic mass is 9.90. The number of nitrogens with one attached hydrogen (secondary N) is 1. The number of hydrogen-bond donors (Lipinski definition) is 1. The van der Waals surface area contributed by atoms with Crippen LogP contribution in [0.15, 0.2) is 0 Å². The lowest BCUT2D eigenvalue weighted by molar-refractivity contribution is 0.181. The van der Waals surface area contributed by atoms with Gasteiger partial charge in [-0.15, -0.1) is 0 Å². The van der Waals surface area contributed by atoms with Crippen molar-refractivity contribution in [2.24, 2.45) is 5.92 Å². The summed E-state index contributed by atoms with van der Waals surface area (Å²) < 4.78 is 11.9. The van der Waals surface area contributed by atoms with E-state index in [-0.39, 0.29) is 0 Å². The van der Waals surface area contributed by atoms with Gasteiger partial charge in [0.2, 0.25) is 0 Å². The van der Waals surface area contributed by atoms with Crippen molar-refractivity contribution in [1.82, 2.24) is 4.98 Å². The van der Waals surface area contributed by atoms with Gasteiger partial charge < -0.3 is 8.85 Å². The molecule has 0 aromatic rings. The Bertz CT molecular complexity index is 252. The number of hydrogen-bond acceptors (Lipinski definition) is 3. The summed E-state index contributed by atoms with van der Waals surface area (Å²) >= 11 is 0.